The highest BCUT2D eigenvalue weighted by Gasteiger charge is 2.53. The molecule has 0 atom stereocenters. The Kier molecular flexibility index (Phi) is 4.12. The topological polar surface area (TPSA) is 69.6 Å². The van der Waals surface area contributed by atoms with E-state index in [0.717, 1.165) is 11.1 Å². The first-order chi connectivity index (χ1) is 11.2. The number of carbonyl (C=O) groups is 2. The molecule has 0 unspecified atom stereocenters. The third kappa shape index (κ3) is 2.49. The highest BCUT2D eigenvalue weighted by molar-refractivity contribution is 6.09. The Hall–Kier alpha value is -2.66. The molecule has 1 saturated heterocycles. The average Bonchev–Trinajstić information content (AvgIpc) is 2.86. The van der Waals surface area contributed by atoms with E-state index in [2.05, 4.69) is 5.32 Å². The lowest BCUT2D eigenvalue weighted by Crippen LogP contribution is -2.45. The Balaban J connectivity index is 2.12. The Labute approximate surface area is 134 Å². The van der Waals surface area contributed by atoms with Gasteiger partial charge in [-0.3, -0.25) is 9.69 Å². The smallest absolute Gasteiger partial charge is 0.325 e. The second-order valence-corrected chi connectivity index (χ2v) is 5.45. The summed E-state index contributed by atoms with van der Waals surface area (Å²) in [5.41, 5.74) is 0.224. The van der Waals surface area contributed by atoms with Gasteiger partial charge in [0.15, 0.2) is 5.54 Å². The van der Waals surface area contributed by atoms with E-state index in [4.69, 9.17) is 5.11 Å². The summed E-state index contributed by atoms with van der Waals surface area (Å²) in [6, 6.07) is 18.0. The normalized spacial score (nSPS) is 16.5. The van der Waals surface area contributed by atoms with Crippen LogP contribution in [0.15, 0.2) is 60.7 Å². The van der Waals surface area contributed by atoms with Crippen molar-refractivity contribution >= 4 is 11.9 Å². The maximum atomic E-state index is 13.1. The standard InChI is InChI=1S/C18H18N2O3/c21-13-7-12-20-16(22)18(19-17(20)23,14-8-3-1-4-9-14)15-10-5-2-6-11-15/h1-6,8-11,21H,7,12-13H2,(H,19,23). The van der Waals surface area contributed by atoms with Crippen LogP contribution in [0.2, 0.25) is 0 Å². The summed E-state index contributed by atoms with van der Waals surface area (Å²) in [5, 5.41) is 11.9. The molecule has 5 heteroatoms. The maximum Gasteiger partial charge on any atom is 0.325 e. The zero-order valence-corrected chi connectivity index (χ0v) is 12.6. The van der Waals surface area contributed by atoms with Crippen LogP contribution in [0.1, 0.15) is 17.5 Å². The van der Waals surface area contributed by atoms with Crippen molar-refractivity contribution in [1.29, 1.82) is 0 Å². The third-order valence-electron chi connectivity index (χ3n) is 4.06. The number of carbonyl (C=O) groups excluding carboxylic acids is 2. The van der Waals surface area contributed by atoms with Crippen molar-refractivity contribution in [3.8, 4) is 0 Å². The van der Waals surface area contributed by atoms with Crippen molar-refractivity contribution in [3.05, 3.63) is 71.8 Å². The number of imide groups is 1. The summed E-state index contributed by atoms with van der Waals surface area (Å²) in [7, 11) is 0. The first-order valence-corrected chi connectivity index (χ1v) is 7.56. The van der Waals surface area contributed by atoms with Gasteiger partial charge in [0.25, 0.3) is 5.91 Å². The minimum atomic E-state index is -1.21. The van der Waals surface area contributed by atoms with E-state index in [-0.39, 0.29) is 19.1 Å². The minimum Gasteiger partial charge on any atom is -0.396 e. The number of aliphatic hydroxyl groups excluding tert-OH is 1. The molecule has 5 nitrogen and oxygen atoms in total. The number of rotatable bonds is 5. The molecule has 23 heavy (non-hydrogen) atoms. The molecular formula is C18H18N2O3. The van der Waals surface area contributed by atoms with Gasteiger partial charge in [0.2, 0.25) is 0 Å². The molecule has 0 aromatic heterocycles. The summed E-state index contributed by atoms with van der Waals surface area (Å²) >= 11 is 0. The van der Waals surface area contributed by atoms with Crippen LogP contribution >= 0.6 is 0 Å². The lowest BCUT2D eigenvalue weighted by molar-refractivity contribution is -0.130. The maximum absolute atomic E-state index is 13.1. The number of nitrogens with one attached hydrogen (secondary N) is 1. The van der Waals surface area contributed by atoms with Crippen LogP contribution in [0.5, 0.6) is 0 Å². The van der Waals surface area contributed by atoms with Crippen molar-refractivity contribution in [2.45, 2.75) is 12.0 Å². The molecule has 2 N–H and O–H groups in total. The number of benzene rings is 2. The molecule has 0 spiro atoms. The first kappa shape index (κ1) is 15.2. The number of amides is 3. The summed E-state index contributed by atoms with van der Waals surface area (Å²) < 4.78 is 0. The predicted octanol–water partition coefficient (Wildman–Crippen LogP) is 1.86. The van der Waals surface area contributed by atoms with Crippen LogP contribution in [-0.2, 0) is 10.3 Å². The van der Waals surface area contributed by atoms with Crippen molar-refractivity contribution in [2.24, 2.45) is 0 Å². The molecule has 0 saturated carbocycles. The molecule has 1 aliphatic rings. The zero-order chi connectivity index (χ0) is 16.3. The summed E-state index contributed by atoms with van der Waals surface area (Å²) in [4.78, 5) is 26.6. The van der Waals surface area contributed by atoms with Crippen LogP contribution < -0.4 is 5.32 Å². The van der Waals surface area contributed by atoms with Gasteiger partial charge < -0.3 is 10.4 Å². The zero-order valence-electron chi connectivity index (χ0n) is 12.6. The molecule has 0 radical (unpaired) electrons. The van der Waals surface area contributed by atoms with E-state index < -0.39 is 11.6 Å². The number of hydrogen-bond donors (Lipinski definition) is 2. The van der Waals surface area contributed by atoms with E-state index >= 15 is 0 Å². The highest BCUT2D eigenvalue weighted by Crippen LogP contribution is 2.35. The molecule has 118 valence electrons. The van der Waals surface area contributed by atoms with Crippen molar-refractivity contribution < 1.29 is 14.7 Å². The van der Waals surface area contributed by atoms with Crippen LogP contribution in [-0.4, -0.2) is 35.1 Å². The number of nitrogens with zero attached hydrogens (tertiary/aromatic N) is 1. The number of aliphatic hydroxyl groups is 1. The van der Waals surface area contributed by atoms with E-state index in [1.54, 1.807) is 0 Å². The van der Waals surface area contributed by atoms with Gasteiger partial charge >= 0.3 is 6.03 Å². The Bertz CT molecular complexity index is 661. The van der Waals surface area contributed by atoms with Crippen molar-refractivity contribution in [3.63, 3.8) is 0 Å². The van der Waals surface area contributed by atoms with Gasteiger partial charge in [0, 0.05) is 13.2 Å². The Morgan fingerprint density at radius 1 is 0.913 bits per heavy atom. The first-order valence-electron chi connectivity index (χ1n) is 7.56. The fourth-order valence-corrected chi connectivity index (χ4v) is 2.94. The van der Waals surface area contributed by atoms with Gasteiger partial charge in [-0.25, -0.2) is 4.79 Å². The highest BCUT2D eigenvalue weighted by atomic mass is 16.3. The summed E-state index contributed by atoms with van der Waals surface area (Å²) in [6.45, 7) is 0.128. The largest absolute Gasteiger partial charge is 0.396 e. The fourth-order valence-electron chi connectivity index (χ4n) is 2.94. The van der Waals surface area contributed by atoms with E-state index in [9.17, 15) is 9.59 Å². The van der Waals surface area contributed by atoms with Crippen LogP contribution in [0.4, 0.5) is 4.79 Å². The Morgan fingerprint density at radius 2 is 1.43 bits per heavy atom. The lowest BCUT2D eigenvalue weighted by Gasteiger charge is -2.28. The monoisotopic (exact) mass is 310 g/mol. The van der Waals surface area contributed by atoms with E-state index in [1.165, 1.54) is 4.90 Å². The molecule has 1 heterocycles. The quantitative estimate of drug-likeness (QED) is 0.828. The summed E-state index contributed by atoms with van der Waals surface area (Å²) in [6.07, 6.45) is 0.360. The SMILES string of the molecule is O=C1NC(c2ccccc2)(c2ccccc2)C(=O)N1CCCO. The van der Waals surface area contributed by atoms with Gasteiger partial charge in [-0.15, -0.1) is 0 Å². The van der Waals surface area contributed by atoms with Crippen LogP contribution in [0.25, 0.3) is 0 Å². The number of hydrogen-bond acceptors (Lipinski definition) is 3. The molecule has 1 aliphatic heterocycles. The second-order valence-electron chi connectivity index (χ2n) is 5.45. The van der Waals surface area contributed by atoms with E-state index in [1.807, 2.05) is 60.7 Å². The third-order valence-corrected chi connectivity index (χ3v) is 4.06. The van der Waals surface area contributed by atoms with Crippen molar-refractivity contribution in [2.75, 3.05) is 13.2 Å². The lowest BCUT2D eigenvalue weighted by atomic mass is 9.82. The van der Waals surface area contributed by atoms with Gasteiger partial charge in [0.1, 0.15) is 0 Å². The van der Waals surface area contributed by atoms with Crippen molar-refractivity contribution in [1.82, 2.24) is 10.2 Å². The summed E-state index contributed by atoms with van der Waals surface area (Å²) in [5.74, 6) is -0.312. The molecule has 0 bridgehead atoms. The average molecular weight is 310 g/mol. The van der Waals surface area contributed by atoms with Crippen LogP contribution in [0.3, 0.4) is 0 Å². The van der Waals surface area contributed by atoms with Gasteiger partial charge in [-0.2, -0.15) is 0 Å². The second kappa shape index (κ2) is 6.22. The molecule has 1 fully saturated rings. The van der Waals surface area contributed by atoms with Crippen LogP contribution in [0, 0.1) is 0 Å². The van der Waals surface area contributed by atoms with Gasteiger partial charge in [0.05, 0.1) is 0 Å². The molecule has 3 rings (SSSR count). The molecular weight excluding hydrogens is 292 g/mol. The molecule has 2 aromatic rings. The predicted molar refractivity (Wildman–Crippen MR) is 85.6 cm³/mol. The molecule has 2 aromatic carbocycles. The van der Waals surface area contributed by atoms with Gasteiger partial charge in [-0.1, -0.05) is 60.7 Å². The Morgan fingerprint density at radius 3 is 1.91 bits per heavy atom. The van der Waals surface area contributed by atoms with Gasteiger partial charge in [-0.05, 0) is 17.5 Å². The molecule has 0 aliphatic carbocycles. The van der Waals surface area contributed by atoms with E-state index in [0.29, 0.717) is 6.42 Å². The fraction of sp³-hybridized carbons (Fsp3) is 0.222. The minimum absolute atomic E-state index is 0.0687. The number of urea groups is 1. The molecule has 3 amide bonds.